The molecular weight excluding hydrogens is 1650 g/mol. The largest absolute Gasteiger partial charge is 0.501 e. The van der Waals surface area contributed by atoms with Gasteiger partial charge in [0.15, 0.2) is 0 Å². The summed E-state index contributed by atoms with van der Waals surface area (Å²) in [6, 6.07) is 0. The molecule has 0 aromatic carbocycles. The Morgan fingerprint density at radius 1 is 0.585 bits per heavy atom. The first kappa shape index (κ1) is 96.5. The van der Waals surface area contributed by atoms with Crippen molar-refractivity contribution < 1.29 is 496 Å². The maximum absolute atomic E-state index is 10.2. The van der Waals surface area contributed by atoms with Crippen LogP contribution in [0.25, 0.3) is 0 Å². The number of aliphatic hydroxyl groups is 1. The van der Waals surface area contributed by atoms with Crippen LogP contribution in [0.1, 0.15) is 78.1 Å². The third-order valence-corrected chi connectivity index (χ3v) is 5.76. The van der Waals surface area contributed by atoms with Gasteiger partial charge in [-0.2, -0.15) is 43.9 Å². The maximum Gasteiger partial charge on any atom is 0.0580 e. The van der Waals surface area contributed by atoms with Crippen molar-refractivity contribution in [1.29, 1.82) is 0 Å². The van der Waals surface area contributed by atoms with Gasteiger partial charge in [0.05, 0.1) is 6.10 Å². The molecule has 2 rings (SSSR count). The topological polar surface area (TPSA) is 20.2 Å². The molecule has 0 amide bonds. The number of fused-ring (bicyclic) bond motifs is 1. The second-order valence-electron chi connectivity index (χ2n) is 7.65. The Bertz CT molecular complexity index is 486. The van der Waals surface area contributed by atoms with Gasteiger partial charge in [-0.1, -0.05) is 39.5 Å². The van der Waals surface area contributed by atoms with Gasteiger partial charge in [0, 0.05) is 491 Å². The third kappa shape index (κ3) is 50.0. The number of aliphatic hydroxyl groups excluding tert-OH is 1. The van der Waals surface area contributed by atoms with Crippen molar-refractivity contribution in [2.45, 2.75) is 84.2 Å². The van der Waals surface area contributed by atoms with Gasteiger partial charge in [0.25, 0.3) is 0 Å². The quantitative estimate of drug-likeness (QED) is 0.172. The van der Waals surface area contributed by atoms with Crippen LogP contribution in [0.3, 0.4) is 0 Å². The SMILES string of the molecule is CC[C-]=CCC[C-]=CCC[CH-]C1C([CH-]CCC=[C-]CC)CCC2C(O)C12.[Y].[Y].[Y].[Y].[Y].[Y].[Y].[Y].[Y].[Y].[Y].[Y].[Y].[Y].[Y]. The molecule has 2 aliphatic rings. The number of allylic oxidation sites excluding steroid dienone is 6. The van der Waals surface area contributed by atoms with Gasteiger partial charge in [-0.25, -0.2) is 0 Å². The molecule has 0 saturated heterocycles. The first-order valence-electron chi connectivity index (χ1n) is 10.8. The molecule has 15 radical (unpaired) electrons. The van der Waals surface area contributed by atoms with E-state index in [1.807, 2.05) is 0 Å². The first-order valence-corrected chi connectivity index (χ1v) is 10.8. The normalized spacial score (nSPS) is 19.8. The Balaban J connectivity index is -0.0000000405. The third-order valence-electron chi connectivity index (χ3n) is 5.76. The zero-order valence-corrected chi connectivity index (χ0v) is 68.0. The van der Waals surface area contributed by atoms with Gasteiger partial charge in [0.2, 0.25) is 0 Å². The van der Waals surface area contributed by atoms with Gasteiger partial charge in [-0.05, 0) is 18.3 Å². The molecule has 1 N–H and O–H groups in total. The van der Waals surface area contributed by atoms with Crippen LogP contribution in [0, 0.1) is 54.7 Å². The van der Waals surface area contributed by atoms with Gasteiger partial charge < -0.3 is 36.2 Å². The molecule has 0 aliphatic heterocycles. The molecule has 2 fully saturated rings. The predicted octanol–water partition coefficient (Wildman–Crippen LogP) is 6.23. The molecule has 193 valence electrons. The monoisotopic (exact) mass is 1690 g/mol. The Morgan fingerprint density at radius 2 is 1.00 bits per heavy atom. The molecule has 5 atom stereocenters. The van der Waals surface area contributed by atoms with E-state index in [4.69, 9.17) is 0 Å². The minimum atomic E-state index is -0.0355. The molecule has 2 aliphatic carbocycles. The van der Waals surface area contributed by atoms with Crippen molar-refractivity contribution in [3.8, 4) is 0 Å². The summed E-state index contributed by atoms with van der Waals surface area (Å²) in [7, 11) is 0. The zero-order chi connectivity index (χ0) is 18.6. The molecule has 41 heavy (non-hydrogen) atoms. The second-order valence-corrected chi connectivity index (χ2v) is 7.65. The van der Waals surface area contributed by atoms with Crippen LogP contribution < -0.4 is 0 Å². The Labute approximate surface area is 633 Å². The molecule has 5 unspecified atom stereocenters. The van der Waals surface area contributed by atoms with Crippen LogP contribution in [0.4, 0.5) is 0 Å². The molecule has 0 heterocycles. The summed E-state index contributed by atoms with van der Waals surface area (Å²) < 4.78 is 0. The summed E-state index contributed by atoms with van der Waals surface area (Å²) in [5, 5.41) is 10.2. The van der Waals surface area contributed by atoms with Gasteiger partial charge in [0.1, 0.15) is 0 Å². The van der Waals surface area contributed by atoms with Crippen molar-refractivity contribution in [3.63, 3.8) is 0 Å². The number of rotatable bonds is 13. The van der Waals surface area contributed by atoms with E-state index in [0.29, 0.717) is 23.7 Å². The van der Waals surface area contributed by atoms with E-state index in [2.05, 4.69) is 63.1 Å². The summed E-state index contributed by atoms with van der Waals surface area (Å²) in [5.74, 6) is 2.35. The van der Waals surface area contributed by atoms with Crippen LogP contribution in [0.5, 0.6) is 0 Å². The van der Waals surface area contributed by atoms with Crippen molar-refractivity contribution in [3.05, 3.63) is 49.3 Å². The average molecular weight is 1690 g/mol. The van der Waals surface area contributed by atoms with Crippen LogP contribution >= 0.6 is 0 Å². The summed E-state index contributed by atoms with van der Waals surface area (Å²) in [4.78, 5) is 0. The molecule has 0 spiro atoms. The van der Waals surface area contributed by atoms with E-state index in [9.17, 15) is 5.11 Å². The fourth-order valence-electron chi connectivity index (χ4n) is 4.35. The van der Waals surface area contributed by atoms with E-state index in [1.165, 1.54) is 12.8 Å². The van der Waals surface area contributed by atoms with Gasteiger partial charge >= 0.3 is 0 Å². The molecule has 2 saturated carbocycles. The molecule has 0 aromatic heterocycles. The summed E-state index contributed by atoms with van der Waals surface area (Å²) >= 11 is 0. The Hall–Kier alpha value is 15.7. The van der Waals surface area contributed by atoms with Gasteiger partial charge in [-0.3, -0.25) is 18.2 Å². The first-order chi connectivity index (χ1) is 12.8. The van der Waals surface area contributed by atoms with Crippen molar-refractivity contribution in [2.75, 3.05) is 0 Å². The van der Waals surface area contributed by atoms with E-state index >= 15 is 0 Å². The Morgan fingerprint density at radius 3 is 1.46 bits per heavy atom. The van der Waals surface area contributed by atoms with Crippen molar-refractivity contribution >= 4 is 0 Å². The Kier molecular flexibility index (Phi) is 165. The summed E-state index contributed by atoms with van der Waals surface area (Å²) in [6.45, 7) is 4.25. The summed E-state index contributed by atoms with van der Waals surface area (Å²) in [5.41, 5.74) is 0. The molecule has 16 heteroatoms. The number of unbranched alkanes of at least 4 members (excludes halogenated alkanes) is 3. The van der Waals surface area contributed by atoms with Crippen LogP contribution in [0.15, 0.2) is 18.2 Å². The van der Waals surface area contributed by atoms with E-state index < -0.39 is 0 Å². The molecular formula is C25H37OY15-5. The van der Waals surface area contributed by atoms with E-state index in [-0.39, 0.29) is 497 Å². The predicted molar refractivity (Wildman–Crippen MR) is 110 cm³/mol. The summed E-state index contributed by atoms with van der Waals surface area (Å²) in [6.07, 6.45) is 32.3. The maximum atomic E-state index is 10.2. The molecule has 0 bridgehead atoms. The average Bonchev–Trinajstić information content (AvgIpc) is 3.31. The van der Waals surface area contributed by atoms with Crippen LogP contribution in [-0.2, 0) is 491 Å². The standard InChI is InChI=1S/C25H37O.15Y/c1-3-5-7-9-10-11-12-14-16-18-22-21(17-15-13-8-6-4-2)19-20-23-24(22)25(23)26;;;;;;;;;;;;;;;/h7-8,12,17-18,21-26H,3-4,9-10,13-16,19-20H2,1-2H3;;;;;;;;;;;;;;;/q-5;;;;;;;;;;;;;;;. The molecule has 1 nitrogen and oxygen atoms in total. The smallest absolute Gasteiger partial charge is 0.0580 e. The second kappa shape index (κ2) is 70.3. The fraction of sp³-hybridized carbons (Fsp3) is 0.680. The van der Waals surface area contributed by atoms with Crippen LogP contribution in [0.2, 0.25) is 0 Å². The fourth-order valence-corrected chi connectivity index (χ4v) is 4.35. The molecule has 0 aromatic rings. The van der Waals surface area contributed by atoms with Gasteiger partial charge in [-0.15, -0.1) is 0 Å². The number of hydrogen-bond acceptors (Lipinski definition) is 1. The van der Waals surface area contributed by atoms with Crippen molar-refractivity contribution in [2.24, 2.45) is 23.7 Å². The van der Waals surface area contributed by atoms with E-state index in [1.54, 1.807) is 0 Å². The minimum absolute atomic E-state index is 0. The van der Waals surface area contributed by atoms with Crippen molar-refractivity contribution in [1.82, 2.24) is 0 Å². The zero-order valence-electron chi connectivity index (χ0n) is 25.5. The minimum Gasteiger partial charge on any atom is -0.501 e. The van der Waals surface area contributed by atoms with E-state index in [0.717, 1.165) is 51.4 Å². The number of hydrogen-bond donors (Lipinski definition) is 1. The van der Waals surface area contributed by atoms with Crippen LogP contribution in [-0.4, -0.2) is 11.2 Å².